The zero-order valence-electron chi connectivity index (χ0n) is 18.8. The number of nitrogens with zero attached hydrogens (tertiary/aromatic N) is 2. The van der Waals surface area contributed by atoms with E-state index in [9.17, 15) is 4.79 Å². The van der Waals surface area contributed by atoms with E-state index in [0.29, 0.717) is 37.6 Å². The van der Waals surface area contributed by atoms with E-state index in [1.807, 2.05) is 35.2 Å². The lowest BCUT2D eigenvalue weighted by atomic mass is 9.96. The summed E-state index contributed by atoms with van der Waals surface area (Å²) in [7, 11) is 1.64. The van der Waals surface area contributed by atoms with Gasteiger partial charge in [0, 0.05) is 38.9 Å². The van der Waals surface area contributed by atoms with Crippen LogP contribution >= 0.6 is 15.9 Å². The molecule has 0 spiro atoms. The van der Waals surface area contributed by atoms with Gasteiger partial charge in [-0.1, -0.05) is 60.7 Å². The zero-order valence-corrected chi connectivity index (χ0v) is 20.4. The molecule has 3 aromatic carbocycles. The van der Waals surface area contributed by atoms with Crippen molar-refractivity contribution in [1.82, 2.24) is 9.80 Å². The van der Waals surface area contributed by atoms with E-state index in [4.69, 9.17) is 9.47 Å². The predicted octanol–water partition coefficient (Wildman–Crippen LogP) is 5.02. The lowest BCUT2D eigenvalue weighted by molar-refractivity contribution is 0.0597. The average Bonchev–Trinajstić information content (AvgIpc) is 2.87. The van der Waals surface area contributed by atoms with Crippen molar-refractivity contribution in [3.8, 4) is 5.75 Å². The Morgan fingerprint density at radius 1 is 0.879 bits per heavy atom. The quantitative estimate of drug-likeness (QED) is 0.400. The lowest BCUT2D eigenvalue weighted by Crippen LogP contribution is -2.49. The van der Waals surface area contributed by atoms with Gasteiger partial charge in [0.1, 0.15) is 12.4 Å². The Morgan fingerprint density at radius 2 is 1.48 bits per heavy atom. The second kappa shape index (κ2) is 11.5. The van der Waals surface area contributed by atoms with Gasteiger partial charge in [0.2, 0.25) is 0 Å². The Balaban J connectivity index is 1.43. The van der Waals surface area contributed by atoms with E-state index in [2.05, 4.69) is 69.4 Å². The van der Waals surface area contributed by atoms with Crippen molar-refractivity contribution in [3.63, 3.8) is 0 Å². The minimum absolute atomic E-state index is 0.0507. The molecule has 3 aromatic rings. The number of halogens is 1. The third-order valence-electron chi connectivity index (χ3n) is 5.92. The molecule has 1 aliphatic heterocycles. The Bertz CT molecular complexity index is 998. The van der Waals surface area contributed by atoms with E-state index in [1.165, 1.54) is 11.1 Å². The van der Waals surface area contributed by atoms with Gasteiger partial charge in [-0.2, -0.15) is 0 Å². The first-order valence-electron chi connectivity index (χ1n) is 11.2. The zero-order chi connectivity index (χ0) is 23.0. The van der Waals surface area contributed by atoms with Gasteiger partial charge >= 0.3 is 0 Å². The van der Waals surface area contributed by atoms with E-state index in [-0.39, 0.29) is 11.9 Å². The molecular formula is C27H29BrN2O3. The molecule has 1 aliphatic rings. The molecule has 0 radical (unpaired) electrons. The molecular weight excluding hydrogens is 480 g/mol. The molecule has 0 aromatic heterocycles. The molecule has 4 rings (SSSR count). The number of rotatable bonds is 8. The molecule has 0 atom stereocenters. The summed E-state index contributed by atoms with van der Waals surface area (Å²) < 4.78 is 11.5. The van der Waals surface area contributed by atoms with Crippen LogP contribution in [0.3, 0.4) is 0 Å². The molecule has 5 nitrogen and oxygen atoms in total. The van der Waals surface area contributed by atoms with Gasteiger partial charge in [0.15, 0.2) is 0 Å². The summed E-state index contributed by atoms with van der Waals surface area (Å²) in [5, 5.41) is 0. The molecule has 1 saturated heterocycles. The fraction of sp³-hybridized carbons (Fsp3) is 0.296. The molecule has 0 unspecified atom stereocenters. The maximum absolute atomic E-state index is 13.2. The minimum atomic E-state index is 0.0507. The van der Waals surface area contributed by atoms with E-state index in [1.54, 1.807) is 7.11 Å². The molecule has 1 amide bonds. The van der Waals surface area contributed by atoms with Gasteiger partial charge in [0.25, 0.3) is 5.91 Å². The van der Waals surface area contributed by atoms with Crippen LogP contribution in [0.1, 0.15) is 27.5 Å². The standard InChI is InChI=1S/C27H29BrN2O3/c1-32-18-19-33-25-13-12-23(20-24(25)28)27(31)30-16-14-29(15-17-30)26(21-8-4-2-5-9-21)22-10-6-3-7-11-22/h2-13,20,26H,14-19H2,1H3. The summed E-state index contributed by atoms with van der Waals surface area (Å²) in [4.78, 5) is 17.6. The molecule has 0 bridgehead atoms. The van der Waals surface area contributed by atoms with Crippen LogP contribution in [0.4, 0.5) is 0 Å². The third kappa shape index (κ3) is 5.82. The minimum Gasteiger partial charge on any atom is -0.490 e. The van der Waals surface area contributed by atoms with Crippen LogP contribution in [0.25, 0.3) is 0 Å². The number of carbonyl (C=O) groups is 1. The first-order valence-corrected chi connectivity index (χ1v) is 12.0. The Labute approximate surface area is 204 Å². The highest BCUT2D eigenvalue weighted by Crippen LogP contribution is 2.30. The van der Waals surface area contributed by atoms with Crippen LogP contribution in [0.5, 0.6) is 5.75 Å². The summed E-state index contributed by atoms with van der Waals surface area (Å²) in [5.41, 5.74) is 3.21. The number of carbonyl (C=O) groups excluding carboxylic acids is 1. The van der Waals surface area contributed by atoms with Gasteiger partial charge in [-0.3, -0.25) is 9.69 Å². The summed E-state index contributed by atoms with van der Waals surface area (Å²) in [5.74, 6) is 0.761. The molecule has 1 fully saturated rings. The van der Waals surface area contributed by atoms with Crippen LogP contribution in [0, 0.1) is 0 Å². The normalized spacial score (nSPS) is 14.5. The molecule has 1 heterocycles. The van der Waals surface area contributed by atoms with Gasteiger partial charge in [0.05, 0.1) is 17.1 Å². The highest BCUT2D eigenvalue weighted by atomic mass is 79.9. The van der Waals surface area contributed by atoms with E-state index in [0.717, 1.165) is 17.6 Å². The second-order valence-corrected chi connectivity index (χ2v) is 8.89. The van der Waals surface area contributed by atoms with Crippen molar-refractivity contribution in [3.05, 3.63) is 100 Å². The Morgan fingerprint density at radius 3 is 2.03 bits per heavy atom. The van der Waals surface area contributed by atoms with E-state index < -0.39 is 0 Å². The second-order valence-electron chi connectivity index (χ2n) is 8.04. The fourth-order valence-corrected chi connectivity index (χ4v) is 4.73. The highest BCUT2D eigenvalue weighted by Gasteiger charge is 2.28. The molecule has 6 heteroatoms. The maximum atomic E-state index is 13.2. The lowest BCUT2D eigenvalue weighted by Gasteiger charge is -2.39. The molecule has 172 valence electrons. The molecule has 0 aliphatic carbocycles. The largest absolute Gasteiger partial charge is 0.490 e. The van der Waals surface area contributed by atoms with Gasteiger partial charge in [-0.05, 0) is 45.3 Å². The number of benzene rings is 3. The van der Waals surface area contributed by atoms with Crippen LogP contribution in [-0.4, -0.2) is 62.2 Å². The van der Waals surface area contributed by atoms with Gasteiger partial charge in [-0.25, -0.2) is 0 Å². The SMILES string of the molecule is COCCOc1ccc(C(=O)N2CCN(C(c3ccccc3)c3ccccc3)CC2)cc1Br. The highest BCUT2D eigenvalue weighted by molar-refractivity contribution is 9.10. The smallest absolute Gasteiger partial charge is 0.253 e. The van der Waals surface area contributed by atoms with Crippen molar-refractivity contribution in [1.29, 1.82) is 0 Å². The number of hydrogen-bond donors (Lipinski definition) is 0. The topological polar surface area (TPSA) is 42.0 Å². The number of amides is 1. The molecule has 0 N–H and O–H groups in total. The fourth-order valence-electron chi connectivity index (χ4n) is 4.24. The van der Waals surface area contributed by atoms with Crippen molar-refractivity contribution in [2.45, 2.75) is 6.04 Å². The predicted molar refractivity (Wildman–Crippen MR) is 134 cm³/mol. The Hall–Kier alpha value is -2.67. The number of piperazine rings is 1. The first kappa shape index (κ1) is 23.5. The van der Waals surface area contributed by atoms with Crippen molar-refractivity contribution >= 4 is 21.8 Å². The monoisotopic (exact) mass is 508 g/mol. The number of ether oxygens (including phenoxy) is 2. The molecule has 33 heavy (non-hydrogen) atoms. The van der Waals surface area contributed by atoms with Gasteiger partial charge < -0.3 is 14.4 Å². The maximum Gasteiger partial charge on any atom is 0.253 e. The molecule has 0 saturated carbocycles. The van der Waals surface area contributed by atoms with Crippen LogP contribution in [-0.2, 0) is 4.74 Å². The summed E-state index contributed by atoms with van der Waals surface area (Å²) in [6, 6.07) is 26.9. The van der Waals surface area contributed by atoms with Crippen LogP contribution < -0.4 is 4.74 Å². The Kier molecular flexibility index (Phi) is 8.15. The third-order valence-corrected chi connectivity index (χ3v) is 6.54. The van der Waals surface area contributed by atoms with Crippen molar-refractivity contribution in [2.75, 3.05) is 46.5 Å². The van der Waals surface area contributed by atoms with Crippen LogP contribution in [0.15, 0.2) is 83.3 Å². The number of hydrogen-bond acceptors (Lipinski definition) is 4. The number of methoxy groups -OCH3 is 1. The summed E-state index contributed by atoms with van der Waals surface area (Å²) in [6.45, 7) is 4.01. The summed E-state index contributed by atoms with van der Waals surface area (Å²) >= 11 is 3.53. The van der Waals surface area contributed by atoms with Crippen LogP contribution in [0.2, 0.25) is 0 Å². The van der Waals surface area contributed by atoms with Crippen molar-refractivity contribution in [2.24, 2.45) is 0 Å². The average molecular weight is 509 g/mol. The van der Waals surface area contributed by atoms with E-state index >= 15 is 0 Å². The first-order chi connectivity index (χ1) is 16.2. The van der Waals surface area contributed by atoms with Gasteiger partial charge in [-0.15, -0.1) is 0 Å². The van der Waals surface area contributed by atoms with Crippen molar-refractivity contribution < 1.29 is 14.3 Å². The summed E-state index contributed by atoms with van der Waals surface area (Å²) in [6.07, 6.45) is 0.